The summed E-state index contributed by atoms with van der Waals surface area (Å²) in [7, 11) is 1.58. The summed E-state index contributed by atoms with van der Waals surface area (Å²) in [4.78, 5) is 28.3. The van der Waals surface area contributed by atoms with Gasteiger partial charge in [0.05, 0.1) is 18.7 Å². The van der Waals surface area contributed by atoms with Gasteiger partial charge in [0.25, 0.3) is 11.7 Å². The molecule has 35 heavy (non-hydrogen) atoms. The number of nitrogens with zero attached hydrogens (tertiary/aromatic N) is 1. The molecule has 3 aromatic rings. The van der Waals surface area contributed by atoms with Gasteiger partial charge in [0.2, 0.25) is 0 Å². The summed E-state index contributed by atoms with van der Waals surface area (Å²) in [5, 5.41) is 11.4. The Morgan fingerprint density at radius 3 is 2.34 bits per heavy atom. The van der Waals surface area contributed by atoms with E-state index < -0.39 is 17.7 Å². The van der Waals surface area contributed by atoms with E-state index in [1.165, 1.54) is 4.90 Å². The number of hydrogen-bond donors (Lipinski definition) is 1. The van der Waals surface area contributed by atoms with Crippen molar-refractivity contribution < 1.29 is 24.2 Å². The Balaban J connectivity index is 1.70. The minimum atomic E-state index is -0.787. The molecule has 178 valence electrons. The lowest BCUT2D eigenvalue weighted by Gasteiger charge is -2.26. The quantitative estimate of drug-likeness (QED) is 0.320. The number of ether oxygens (including phenoxy) is 2. The monoisotopic (exact) mass is 469 g/mol. The largest absolute Gasteiger partial charge is 0.507 e. The molecule has 0 spiro atoms. The third-order valence-corrected chi connectivity index (χ3v) is 6.53. The molecule has 1 amide bonds. The standard InChI is InChI=1S/C29H27NO5/c1-16-11-17(2)13-22(12-16)30-26(19-5-8-23(34-4)9-6-19)25(28(32)29(30)33)27(31)20-7-10-24-21(15-20)14-18(3)35-24/h5-13,15,18,26,31H,14H2,1-4H3/b27-25-. The zero-order valence-electron chi connectivity index (χ0n) is 20.2. The van der Waals surface area contributed by atoms with Gasteiger partial charge >= 0.3 is 0 Å². The third kappa shape index (κ3) is 3.95. The summed E-state index contributed by atoms with van der Waals surface area (Å²) in [6.07, 6.45) is 0.770. The highest BCUT2D eigenvalue weighted by Crippen LogP contribution is 2.43. The van der Waals surface area contributed by atoms with Crippen molar-refractivity contribution in [2.75, 3.05) is 12.0 Å². The van der Waals surface area contributed by atoms with E-state index >= 15 is 0 Å². The highest BCUT2D eigenvalue weighted by Gasteiger charge is 2.47. The topological polar surface area (TPSA) is 76.1 Å². The predicted octanol–water partition coefficient (Wildman–Crippen LogP) is 5.26. The fourth-order valence-electron chi connectivity index (χ4n) is 5.02. The molecule has 0 aliphatic carbocycles. The number of anilines is 1. The van der Waals surface area contributed by atoms with Crippen molar-refractivity contribution in [3.63, 3.8) is 0 Å². The summed E-state index contributed by atoms with van der Waals surface area (Å²) >= 11 is 0. The highest BCUT2D eigenvalue weighted by molar-refractivity contribution is 6.51. The van der Waals surface area contributed by atoms with E-state index in [-0.39, 0.29) is 17.4 Å². The molecule has 2 heterocycles. The van der Waals surface area contributed by atoms with E-state index in [4.69, 9.17) is 9.47 Å². The molecule has 1 N–H and O–H groups in total. The summed E-state index contributed by atoms with van der Waals surface area (Å²) in [6.45, 7) is 5.88. The fourth-order valence-corrected chi connectivity index (χ4v) is 5.02. The minimum absolute atomic E-state index is 0.0526. The maximum Gasteiger partial charge on any atom is 0.300 e. The molecule has 2 unspecified atom stereocenters. The van der Waals surface area contributed by atoms with Gasteiger partial charge in [-0.05, 0) is 85.5 Å². The van der Waals surface area contributed by atoms with Gasteiger partial charge in [-0.3, -0.25) is 14.5 Å². The van der Waals surface area contributed by atoms with Gasteiger partial charge in [0, 0.05) is 17.7 Å². The van der Waals surface area contributed by atoms with Crippen LogP contribution in [0.1, 0.15) is 40.8 Å². The molecule has 2 aliphatic rings. The Bertz CT molecular complexity index is 1350. The van der Waals surface area contributed by atoms with Crippen molar-refractivity contribution in [3.05, 3.63) is 94.1 Å². The maximum absolute atomic E-state index is 13.4. The number of amides is 1. The number of rotatable bonds is 4. The number of carbonyl (C=O) groups excluding carboxylic acids is 2. The molecule has 6 nitrogen and oxygen atoms in total. The zero-order chi connectivity index (χ0) is 24.9. The van der Waals surface area contributed by atoms with Gasteiger partial charge in [-0.1, -0.05) is 18.2 Å². The van der Waals surface area contributed by atoms with Gasteiger partial charge in [-0.25, -0.2) is 0 Å². The van der Waals surface area contributed by atoms with Crippen LogP contribution in [-0.2, 0) is 16.0 Å². The van der Waals surface area contributed by atoms with Crippen LogP contribution in [0.15, 0.2) is 66.2 Å². The number of fused-ring (bicyclic) bond motifs is 1. The van der Waals surface area contributed by atoms with Crippen LogP contribution < -0.4 is 14.4 Å². The molecule has 2 atom stereocenters. The van der Waals surface area contributed by atoms with Crippen LogP contribution in [0.25, 0.3) is 5.76 Å². The lowest BCUT2D eigenvalue weighted by Crippen LogP contribution is -2.29. The first-order valence-electron chi connectivity index (χ1n) is 11.6. The van der Waals surface area contributed by atoms with Crippen LogP contribution in [0.5, 0.6) is 11.5 Å². The number of methoxy groups -OCH3 is 1. The van der Waals surface area contributed by atoms with Gasteiger partial charge in [0.15, 0.2) is 0 Å². The van der Waals surface area contributed by atoms with Crippen LogP contribution in [0.2, 0.25) is 0 Å². The number of aliphatic hydroxyl groups is 1. The lowest BCUT2D eigenvalue weighted by molar-refractivity contribution is -0.132. The molecular weight excluding hydrogens is 442 g/mol. The predicted molar refractivity (Wildman–Crippen MR) is 134 cm³/mol. The van der Waals surface area contributed by atoms with Crippen LogP contribution in [0.3, 0.4) is 0 Å². The molecule has 0 bridgehead atoms. The van der Waals surface area contributed by atoms with E-state index in [0.717, 1.165) is 28.9 Å². The van der Waals surface area contributed by atoms with Gasteiger partial charge in [-0.15, -0.1) is 0 Å². The van der Waals surface area contributed by atoms with E-state index in [0.29, 0.717) is 22.6 Å². The molecule has 2 aliphatic heterocycles. The summed E-state index contributed by atoms with van der Waals surface area (Å²) in [6, 6.07) is 17.5. The molecule has 0 radical (unpaired) electrons. The summed E-state index contributed by atoms with van der Waals surface area (Å²) in [5.41, 5.74) is 4.77. The number of hydrogen-bond acceptors (Lipinski definition) is 5. The average molecular weight is 470 g/mol. The molecule has 0 saturated carbocycles. The van der Waals surface area contributed by atoms with Crippen molar-refractivity contribution in [3.8, 4) is 11.5 Å². The molecule has 5 rings (SSSR count). The van der Waals surface area contributed by atoms with Crippen molar-refractivity contribution in [1.82, 2.24) is 0 Å². The molecular formula is C29H27NO5. The number of benzene rings is 3. The molecule has 0 aromatic heterocycles. The number of aliphatic hydroxyl groups excluding tert-OH is 1. The SMILES string of the molecule is COc1ccc(C2/C(=C(/O)c3ccc4c(c3)CC(C)O4)C(=O)C(=O)N2c2cc(C)cc(C)c2)cc1. The van der Waals surface area contributed by atoms with Crippen LogP contribution in [-0.4, -0.2) is 30.0 Å². The molecule has 3 aromatic carbocycles. The number of Topliss-reactive ketones (excluding diaryl/α,β-unsaturated/α-hetero) is 1. The second-order valence-electron chi connectivity index (χ2n) is 9.24. The Morgan fingerprint density at radius 2 is 1.69 bits per heavy atom. The Hall–Kier alpha value is -4.06. The van der Waals surface area contributed by atoms with E-state index in [2.05, 4.69) is 0 Å². The maximum atomic E-state index is 13.4. The van der Waals surface area contributed by atoms with Crippen molar-refractivity contribution in [2.45, 2.75) is 39.3 Å². The molecule has 1 saturated heterocycles. The first-order chi connectivity index (χ1) is 16.8. The Kier molecular flexibility index (Phi) is 5.59. The van der Waals surface area contributed by atoms with Gasteiger partial charge in [-0.2, -0.15) is 0 Å². The van der Waals surface area contributed by atoms with E-state index in [9.17, 15) is 14.7 Å². The van der Waals surface area contributed by atoms with Crippen molar-refractivity contribution in [1.29, 1.82) is 0 Å². The summed E-state index contributed by atoms with van der Waals surface area (Å²) in [5.74, 6) is -0.150. The number of ketones is 1. The van der Waals surface area contributed by atoms with E-state index in [1.54, 1.807) is 31.4 Å². The number of carbonyl (C=O) groups is 2. The normalized spacial score (nSPS) is 20.6. The van der Waals surface area contributed by atoms with Crippen LogP contribution in [0.4, 0.5) is 5.69 Å². The summed E-state index contributed by atoms with van der Waals surface area (Å²) < 4.78 is 11.1. The lowest BCUT2D eigenvalue weighted by atomic mass is 9.94. The van der Waals surface area contributed by atoms with Crippen molar-refractivity contribution in [2.24, 2.45) is 0 Å². The highest BCUT2D eigenvalue weighted by atomic mass is 16.5. The first-order valence-corrected chi connectivity index (χ1v) is 11.6. The Labute approximate surface area is 204 Å². The van der Waals surface area contributed by atoms with Crippen LogP contribution >= 0.6 is 0 Å². The molecule has 6 heteroatoms. The first kappa shape index (κ1) is 22.7. The van der Waals surface area contributed by atoms with E-state index in [1.807, 2.05) is 57.2 Å². The smallest absolute Gasteiger partial charge is 0.300 e. The zero-order valence-corrected chi connectivity index (χ0v) is 20.2. The van der Waals surface area contributed by atoms with Crippen molar-refractivity contribution >= 4 is 23.1 Å². The van der Waals surface area contributed by atoms with Gasteiger partial charge in [0.1, 0.15) is 23.4 Å². The third-order valence-electron chi connectivity index (χ3n) is 6.53. The fraction of sp³-hybridized carbons (Fsp3) is 0.241. The van der Waals surface area contributed by atoms with Crippen LogP contribution in [0, 0.1) is 13.8 Å². The number of aryl methyl sites for hydroxylation is 2. The Morgan fingerprint density at radius 1 is 1.00 bits per heavy atom. The second-order valence-corrected chi connectivity index (χ2v) is 9.24. The minimum Gasteiger partial charge on any atom is -0.507 e. The second kappa shape index (κ2) is 8.62. The average Bonchev–Trinajstić information content (AvgIpc) is 3.33. The molecule has 1 fully saturated rings. The van der Waals surface area contributed by atoms with Gasteiger partial charge < -0.3 is 14.6 Å².